The molecule has 18 heavy (non-hydrogen) atoms. The Morgan fingerprint density at radius 2 is 2.17 bits per heavy atom. The van der Waals surface area contributed by atoms with Gasteiger partial charge < -0.3 is 5.32 Å². The van der Waals surface area contributed by atoms with Gasteiger partial charge in [-0.25, -0.2) is 4.98 Å². The molecule has 2 rings (SSSR count). The lowest BCUT2D eigenvalue weighted by Crippen LogP contribution is -2.24. The number of hydrogen-bond acceptors (Lipinski definition) is 3. The maximum absolute atomic E-state index is 4.45. The molecule has 0 aliphatic heterocycles. The van der Waals surface area contributed by atoms with E-state index >= 15 is 0 Å². The molecular weight excluding hydrogens is 240 g/mol. The van der Waals surface area contributed by atoms with Crippen molar-refractivity contribution in [1.82, 2.24) is 10.3 Å². The molecule has 0 saturated carbocycles. The summed E-state index contributed by atoms with van der Waals surface area (Å²) in [6.07, 6.45) is 2.16. The molecule has 2 aromatic rings. The van der Waals surface area contributed by atoms with Crippen molar-refractivity contribution >= 4 is 11.3 Å². The Balaban J connectivity index is 2.13. The van der Waals surface area contributed by atoms with Crippen LogP contribution in [0.2, 0.25) is 0 Å². The minimum atomic E-state index is 0.331. The van der Waals surface area contributed by atoms with Crippen molar-refractivity contribution in [1.29, 1.82) is 0 Å². The molecule has 1 aromatic carbocycles. The lowest BCUT2D eigenvalue weighted by molar-refractivity contribution is 0.519. The van der Waals surface area contributed by atoms with Crippen molar-refractivity contribution in [2.24, 2.45) is 0 Å². The number of rotatable bonds is 6. The summed E-state index contributed by atoms with van der Waals surface area (Å²) in [6, 6.07) is 8.92. The second-order valence-corrected chi connectivity index (χ2v) is 5.27. The van der Waals surface area contributed by atoms with Gasteiger partial charge in [-0.15, -0.1) is 11.3 Å². The monoisotopic (exact) mass is 260 g/mol. The number of hydrogen-bond donors (Lipinski definition) is 1. The molecule has 0 aliphatic carbocycles. The molecule has 0 spiro atoms. The van der Waals surface area contributed by atoms with E-state index in [9.17, 15) is 0 Å². The van der Waals surface area contributed by atoms with E-state index in [0.717, 1.165) is 25.1 Å². The van der Waals surface area contributed by atoms with Crippen molar-refractivity contribution in [2.45, 2.75) is 32.7 Å². The van der Waals surface area contributed by atoms with Crippen LogP contribution in [0.25, 0.3) is 0 Å². The van der Waals surface area contributed by atoms with E-state index in [2.05, 4.69) is 53.8 Å². The maximum atomic E-state index is 4.45. The van der Waals surface area contributed by atoms with Gasteiger partial charge in [0.2, 0.25) is 0 Å². The van der Waals surface area contributed by atoms with Gasteiger partial charge in [0.1, 0.15) is 0 Å². The van der Waals surface area contributed by atoms with Crippen molar-refractivity contribution in [3.8, 4) is 0 Å². The Morgan fingerprint density at radius 3 is 2.83 bits per heavy atom. The molecule has 0 radical (unpaired) electrons. The number of aromatic nitrogens is 1. The summed E-state index contributed by atoms with van der Waals surface area (Å²) in [5.74, 6) is 0. The average molecular weight is 260 g/mol. The number of thiazole rings is 1. The molecule has 1 unspecified atom stereocenters. The fourth-order valence-corrected chi connectivity index (χ4v) is 2.66. The zero-order chi connectivity index (χ0) is 12.8. The smallest absolute Gasteiger partial charge is 0.0795 e. The van der Waals surface area contributed by atoms with E-state index in [1.165, 1.54) is 11.1 Å². The van der Waals surface area contributed by atoms with Crippen LogP contribution in [0.3, 0.4) is 0 Å². The Morgan fingerprint density at radius 1 is 1.33 bits per heavy atom. The minimum absolute atomic E-state index is 0.331. The summed E-state index contributed by atoms with van der Waals surface area (Å²) in [5.41, 5.74) is 5.83. The van der Waals surface area contributed by atoms with E-state index in [4.69, 9.17) is 0 Å². The van der Waals surface area contributed by atoms with E-state index in [0.29, 0.717) is 6.04 Å². The molecule has 0 fully saturated rings. The molecule has 1 aromatic heterocycles. The minimum Gasteiger partial charge on any atom is -0.308 e. The average Bonchev–Trinajstić information content (AvgIpc) is 2.90. The van der Waals surface area contributed by atoms with Gasteiger partial charge in [-0.05, 0) is 37.4 Å². The normalized spacial score (nSPS) is 12.6. The molecule has 3 heteroatoms. The van der Waals surface area contributed by atoms with Crippen LogP contribution >= 0.6 is 11.3 Å². The Bertz CT molecular complexity index is 465. The van der Waals surface area contributed by atoms with Crippen LogP contribution in [0, 0.1) is 6.92 Å². The van der Waals surface area contributed by atoms with Crippen molar-refractivity contribution in [2.75, 3.05) is 6.54 Å². The summed E-state index contributed by atoms with van der Waals surface area (Å²) in [5, 5.41) is 5.74. The topological polar surface area (TPSA) is 24.9 Å². The second-order valence-electron chi connectivity index (χ2n) is 4.55. The quantitative estimate of drug-likeness (QED) is 0.856. The highest BCUT2D eigenvalue weighted by Gasteiger charge is 2.14. The van der Waals surface area contributed by atoms with Crippen LogP contribution in [0.5, 0.6) is 0 Å². The zero-order valence-corrected chi connectivity index (χ0v) is 11.8. The van der Waals surface area contributed by atoms with Gasteiger partial charge in [0, 0.05) is 5.38 Å². The predicted molar refractivity (Wildman–Crippen MR) is 78.0 cm³/mol. The first-order valence-electron chi connectivity index (χ1n) is 6.47. The Kier molecular flexibility index (Phi) is 4.90. The van der Waals surface area contributed by atoms with Gasteiger partial charge >= 0.3 is 0 Å². The fourth-order valence-electron chi connectivity index (χ4n) is 2.05. The highest BCUT2D eigenvalue weighted by molar-refractivity contribution is 7.07. The number of benzene rings is 1. The lowest BCUT2D eigenvalue weighted by atomic mass is 9.99. The van der Waals surface area contributed by atoms with Gasteiger partial charge in [-0.2, -0.15) is 0 Å². The van der Waals surface area contributed by atoms with E-state index < -0.39 is 0 Å². The first kappa shape index (κ1) is 13.2. The van der Waals surface area contributed by atoms with Crippen LogP contribution in [0.1, 0.15) is 36.2 Å². The van der Waals surface area contributed by atoms with Crippen molar-refractivity contribution < 1.29 is 0 Å². The molecule has 0 bridgehead atoms. The summed E-state index contributed by atoms with van der Waals surface area (Å²) in [7, 11) is 0. The molecule has 1 heterocycles. The van der Waals surface area contributed by atoms with E-state index in [1.807, 2.05) is 5.51 Å². The molecule has 1 atom stereocenters. The maximum Gasteiger partial charge on any atom is 0.0795 e. The standard InChI is InChI=1S/C15H20N2S/c1-3-8-16-14(15-10-18-11-17-15)9-13-7-5-4-6-12(13)2/h4-7,10-11,14,16H,3,8-9H2,1-2H3. The summed E-state index contributed by atoms with van der Waals surface area (Å²) >= 11 is 1.67. The number of nitrogens with zero attached hydrogens (tertiary/aromatic N) is 1. The number of nitrogens with one attached hydrogen (secondary N) is 1. The highest BCUT2D eigenvalue weighted by atomic mass is 32.1. The van der Waals surface area contributed by atoms with Gasteiger partial charge in [0.15, 0.2) is 0 Å². The Hall–Kier alpha value is -1.19. The third-order valence-corrected chi connectivity index (χ3v) is 3.74. The molecule has 1 N–H and O–H groups in total. The van der Waals surface area contributed by atoms with Crippen LogP contribution in [-0.4, -0.2) is 11.5 Å². The van der Waals surface area contributed by atoms with E-state index in [1.54, 1.807) is 11.3 Å². The number of aryl methyl sites for hydroxylation is 1. The summed E-state index contributed by atoms with van der Waals surface area (Å²) in [6.45, 7) is 5.40. The third kappa shape index (κ3) is 3.40. The first-order valence-corrected chi connectivity index (χ1v) is 7.41. The third-order valence-electron chi connectivity index (χ3n) is 3.13. The second kappa shape index (κ2) is 6.66. The summed E-state index contributed by atoms with van der Waals surface area (Å²) in [4.78, 5) is 4.45. The predicted octanol–water partition coefficient (Wildman–Crippen LogP) is 3.73. The molecule has 0 aliphatic rings. The van der Waals surface area contributed by atoms with Crippen LogP contribution in [0.4, 0.5) is 0 Å². The molecule has 0 saturated heterocycles. The van der Waals surface area contributed by atoms with Gasteiger partial charge in [0.05, 0.1) is 17.2 Å². The molecule has 96 valence electrons. The molecule has 2 nitrogen and oxygen atoms in total. The van der Waals surface area contributed by atoms with E-state index in [-0.39, 0.29) is 0 Å². The first-order chi connectivity index (χ1) is 8.81. The summed E-state index contributed by atoms with van der Waals surface area (Å²) < 4.78 is 0. The van der Waals surface area contributed by atoms with Gasteiger partial charge in [-0.1, -0.05) is 31.2 Å². The molecular formula is C15H20N2S. The van der Waals surface area contributed by atoms with Gasteiger partial charge in [-0.3, -0.25) is 0 Å². The highest BCUT2D eigenvalue weighted by Crippen LogP contribution is 2.20. The largest absolute Gasteiger partial charge is 0.308 e. The van der Waals surface area contributed by atoms with Crippen molar-refractivity contribution in [3.63, 3.8) is 0 Å². The fraction of sp³-hybridized carbons (Fsp3) is 0.400. The van der Waals surface area contributed by atoms with Crippen molar-refractivity contribution in [3.05, 3.63) is 52.0 Å². The Labute approximate surface area is 113 Å². The lowest BCUT2D eigenvalue weighted by Gasteiger charge is -2.17. The van der Waals surface area contributed by atoms with Crippen LogP contribution < -0.4 is 5.32 Å². The molecule has 0 amide bonds. The zero-order valence-electron chi connectivity index (χ0n) is 11.0. The SMILES string of the molecule is CCCNC(Cc1ccccc1C)c1cscn1. The van der Waals surface area contributed by atoms with Gasteiger partial charge in [0.25, 0.3) is 0 Å². The van der Waals surface area contributed by atoms with Crippen LogP contribution in [-0.2, 0) is 6.42 Å². The van der Waals surface area contributed by atoms with Crippen LogP contribution in [0.15, 0.2) is 35.2 Å².